The van der Waals surface area contributed by atoms with Crippen LogP contribution in [0.5, 0.6) is 0 Å². The molecule has 1 aromatic carbocycles. The summed E-state index contributed by atoms with van der Waals surface area (Å²) >= 11 is 0. The van der Waals surface area contributed by atoms with Crippen molar-refractivity contribution in [1.82, 2.24) is 5.32 Å². The van der Waals surface area contributed by atoms with Crippen LogP contribution in [0.4, 0.5) is 5.69 Å². The Bertz CT molecular complexity index is 543. The van der Waals surface area contributed by atoms with Gasteiger partial charge >= 0.3 is 0 Å². The molecule has 5 nitrogen and oxygen atoms in total. The Kier molecular flexibility index (Phi) is 6.68. The molecule has 1 rings (SSSR count). The van der Waals surface area contributed by atoms with Gasteiger partial charge in [-0.25, -0.2) is 8.42 Å². The van der Waals surface area contributed by atoms with Gasteiger partial charge in [0.15, 0.2) is 0 Å². The van der Waals surface area contributed by atoms with E-state index in [1.165, 1.54) is 4.31 Å². The lowest BCUT2D eigenvalue weighted by atomic mass is 10.2. The summed E-state index contributed by atoms with van der Waals surface area (Å²) in [6.45, 7) is 4.42. The maximum absolute atomic E-state index is 12.3. The Hall–Kier alpha value is -1.56. The van der Waals surface area contributed by atoms with Gasteiger partial charge in [0.1, 0.15) is 6.04 Å². The first-order valence-corrected chi connectivity index (χ1v) is 9.08. The summed E-state index contributed by atoms with van der Waals surface area (Å²) in [4.78, 5) is 12.3. The first kappa shape index (κ1) is 17.5. The highest BCUT2D eigenvalue weighted by atomic mass is 32.2. The maximum Gasteiger partial charge on any atom is 0.243 e. The Balaban J connectivity index is 3.03. The van der Waals surface area contributed by atoms with Crippen LogP contribution in [0.3, 0.4) is 0 Å². The van der Waals surface area contributed by atoms with E-state index in [9.17, 15) is 13.2 Å². The highest BCUT2D eigenvalue weighted by Crippen LogP contribution is 2.21. The van der Waals surface area contributed by atoms with E-state index in [0.717, 1.165) is 19.1 Å². The van der Waals surface area contributed by atoms with E-state index in [0.29, 0.717) is 18.7 Å². The summed E-state index contributed by atoms with van der Waals surface area (Å²) in [5.41, 5.74) is 0.512. The van der Waals surface area contributed by atoms with Gasteiger partial charge in [0.2, 0.25) is 15.9 Å². The van der Waals surface area contributed by atoms with Gasteiger partial charge in [0, 0.05) is 6.54 Å². The summed E-state index contributed by atoms with van der Waals surface area (Å²) in [6.07, 6.45) is 3.40. The van der Waals surface area contributed by atoms with Crippen molar-refractivity contribution in [3.05, 3.63) is 30.3 Å². The highest BCUT2D eigenvalue weighted by molar-refractivity contribution is 7.92. The van der Waals surface area contributed by atoms with Crippen molar-refractivity contribution in [3.63, 3.8) is 0 Å². The molecular weight excluding hydrogens is 288 g/mol. The van der Waals surface area contributed by atoms with Crippen molar-refractivity contribution in [1.29, 1.82) is 0 Å². The summed E-state index contributed by atoms with van der Waals surface area (Å²) < 4.78 is 25.4. The van der Waals surface area contributed by atoms with Crippen molar-refractivity contribution in [2.24, 2.45) is 0 Å². The van der Waals surface area contributed by atoms with E-state index in [-0.39, 0.29) is 5.91 Å². The largest absolute Gasteiger partial charge is 0.354 e. The van der Waals surface area contributed by atoms with E-state index in [2.05, 4.69) is 5.32 Å². The van der Waals surface area contributed by atoms with Crippen molar-refractivity contribution >= 4 is 21.6 Å². The molecule has 21 heavy (non-hydrogen) atoms. The smallest absolute Gasteiger partial charge is 0.243 e. The number of rotatable bonds is 8. The highest BCUT2D eigenvalue weighted by Gasteiger charge is 2.30. The molecule has 0 spiro atoms. The Labute approximate surface area is 127 Å². The van der Waals surface area contributed by atoms with Crippen LogP contribution in [0.15, 0.2) is 30.3 Å². The summed E-state index contributed by atoms with van der Waals surface area (Å²) in [5, 5.41) is 2.81. The number of unbranched alkanes of at least 4 members (excludes halogenated alkanes) is 1. The average Bonchev–Trinajstić information content (AvgIpc) is 2.44. The molecule has 0 aliphatic rings. The number of para-hydroxylation sites is 1. The van der Waals surface area contributed by atoms with Gasteiger partial charge in [0.05, 0.1) is 11.9 Å². The van der Waals surface area contributed by atoms with Gasteiger partial charge in [0.25, 0.3) is 0 Å². The average molecular weight is 312 g/mol. The van der Waals surface area contributed by atoms with Crippen LogP contribution in [-0.4, -0.2) is 33.2 Å². The molecule has 0 bridgehead atoms. The molecule has 0 aliphatic carbocycles. The maximum atomic E-state index is 12.3. The molecule has 0 aliphatic heterocycles. The number of carbonyl (C=O) groups is 1. The number of sulfonamides is 1. The molecule has 1 atom stereocenters. The molecular formula is C15H24N2O3S. The van der Waals surface area contributed by atoms with Gasteiger partial charge in [-0.15, -0.1) is 0 Å². The Morgan fingerprint density at radius 2 is 1.86 bits per heavy atom. The first-order chi connectivity index (χ1) is 9.91. The van der Waals surface area contributed by atoms with E-state index < -0.39 is 16.1 Å². The van der Waals surface area contributed by atoms with Gasteiger partial charge in [-0.05, 0) is 25.0 Å². The molecule has 118 valence electrons. The zero-order chi connectivity index (χ0) is 15.9. The number of amides is 1. The molecule has 0 heterocycles. The molecule has 1 aromatic rings. The minimum absolute atomic E-state index is 0.250. The monoisotopic (exact) mass is 312 g/mol. The number of anilines is 1. The Morgan fingerprint density at radius 3 is 2.33 bits per heavy atom. The molecule has 0 saturated carbocycles. The predicted molar refractivity (Wildman–Crippen MR) is 85.8 cm³/mol. The minimum Gasteiger partial charge on any atom is -0.354 e. The van der Waals surface area contributed by atoms with E-state index in [4.69, 9.17) is 0 Å². The number of hydrogen-bond acceptors (Lipinski definition) is 3. The van der Waals surface area contributed by atoms with Crippen LogP contribution in [0, 0.1) is 0 Å². The topological polar surface area (TPSA) is 66.5 Å². The third-order valence-corrected chi connectivity index (χ3v) is 4.35. The zero-order valence-corrected chi connectivity index (χ0v) is 13.7. The van der Waals surface area contributed by atoms with E-state index >= 15 is 0 Å². The van der Waals surface area contributed by atoms with E-state index in [1.54, 1.807) is 24.3 Å². The SMILES string of the molecule is CCCCNC(=O)C(CC)N(c1ccccc1)S(C)(=O)=O. The van der Waals surface area contributed by atoms with Crippen LogP contribution >= 0.6 is 0 Å². The predicted octanol–water partition coefficient (Wildman–Crippen LogP) is 2.15. The molecule has 0 radical (unpaired) electrons. The number of carbonyl (C=O) groups excluding carboxylic acids is 1. The third kappa shape index (κ3) is 5.04. The standard InChI is InChI=1S/C15H24N2O3S/c1-4-6-12-16-15(18)14(5-2)17(21(3,19)20)13-10-8-7-9-11-13/h7-11,14H,4-6,12H2,1-3H3,(H,16,18). The fourth-order valence-corrected chi connectivity index (χ4v) is 3.35. The van der Waals surface area contributed by atoms with Crippen LogP contribution in [0.2, 0.25) is 0 Å². The second kappa shape index (κ2) is 8.02. The van der Waals surface area contributed by atoms with Gasteiger partial charge in [-0.3, -0.25) is 9.10 Å². The van der Waals surface area contributed by atoms with Crippen LogP contribution < -0.4 is 9.62 Å². The lowest BCUT2D eigenvalue weighted by molar-refractivity contribution is -0.122. The van der Waals surface area contributed by atoms with Crippen LogP contribution in [0.25, 0.3) is 0 Å². The van der Waals surface area contributed by atoms with Crippen molar-refractivity contribution < 1.29 is 13.2 Å². The van der Waals surface area contributed by atoms with Gasteiger partial charge in [-0.1, -0.05) is 38.5 Å². The summed E-state index contributed by atoms with van der Waals surface area (Å²) in [7, 11) is -3.53. The number of benzene rings is 1. The van der Waals surface area contributed by atoms with Gasteiger partial charge in [-0.2, -0.15) is 0 Å². The summed E-state index contributed by atoms with van der Waals surface area (Å²) in [6, 6.07) is 8.00. The van der Waals surface area contributed by atoms with Gasteiger partial charge < -0.3 is 5.32 Å². The first-order valence-electron chi connectivity index (χ1n) is 7.24. The minimum atomic E-state index is -3.53. The van der Waals surface area contributed by atoms with Crippen LogP contribution in [0.1, 0.15) is 33.1 Å². The lowest BCUT2D eigenvalue weighted by Crippen LogP contribution is -2.49. The number of hydrogen-bond donors (Lipinski definition) is 1. The quantitative estimate of drug-likeness (QED) is 0.748. The molecule has 0 fully saturated rings. The fourth-order valence-electron chi connectivity index (χ4n) is 2.14. The van der Waals surface area contributed by atoms with Crippen molar-refractivity contribution in [3.8, 4) is 0 Å². The molecule has 6 heteroatoms. The fraction of sp³-hybridized carbons (Fsp3) is 0.533. The second-order valence-corrected chi connectivity index (χ2v) is 6.82. The molecule has 1 N–H and O–H groups in total. The number of nitrogens with zero attached hydrogens (tertiary/aromatic N) is 1. The molecule has 1 amide bonds. The second-order valence-electron chi connectivity index (χ2n) is 4.96. The summed E-state index contributed by atoms with van der Waals surface area (Å²) in [5.74, 6) is -0.250. The van der Waals surface area contributed by atoms with Crippen LogP contribution in [-0.2, 0) is 14.8 Å². The molecule has 0 saturated heterocycles. The van der Waals surface area contributed by atoms with Crippen molar-refractivity contribution in [2.75, 3.05) is 17.1 Å². The normalized spacial score (nSPS) is 12.7. The van der Waals surface area contributed by atoms with E-state index in [1.807, 2.05) is 19.9 Å². The zero-order valence-electron chi connectivity index (χ0n) is 12.9. The van der Waals surface area contributed by atoms with Crippen molar-refractivity contribution in [2.45, 2.75) is 39.2 Å². The Morgan fingerprint density at radius 1 is 1.24 bits per heavy atom. The molecule has 0 aromatic heterocycles. The molecule has 1 unspecified atom stereocenters. The lowest BCUT2D eigenvalue weighted by Gasteiger charge is -2.30. The third-order valence-electron chi connectivity index (χ3n) is 3.17. The number of nitrogens with one attached hydrogen (secondary N) is 1.